The summed E-state index contributed by atoms with van der Waals surface area (Å²) in [5.74, 6) is 1.78. The molecule has 8 heteroatoms. The monoisotopic (exact) mass is 373 g/mol. The number of likely N-dealkylation sites (N-methyl/N-ethyl adjacent to an activating group) is 1. The summed E-state index contributed by atoms with van der Waals surface area (Å²) in [5.41, 5.74) is 0. The van der Waals surface area contributed by atoms with Gasteiger partial charge in [0, 0.05) is 7.05 Å². The van der Waals surface area contributed by atoms with E-state index >= 15 is 0 Å². The molecule has 7 nitrogen and oxygen atoms in total. The Bertz CT molecular complexity index is 863. The van der Waals surface area contributed by atoms with Gasteiger partial charge in [0.15, 0.2) is 17.6 Å². The van der Waals surface area contributed by atoms with Crippen molar-refractivity contribution in [2.75, 3.05) is 14.2 Å². The molecular weight excluding hydrogens is 354 g/mol. The van der Waals surface area contributed by atoms with E-state index < -0.39 is 6.10 Å². The van der Waals surface area contributed by atoms with Crippen LogP contribution in [-0.4, -0.2) is 41.2 Å². The fraction of sp³-hybridized carbons (Fsp3) is 0.278. The lowest BCUT2D eigenvalue weighted by Crippen LogP contribution is -2.37. The van der Waals surface area contributed by atoms with Crippen LogP contribution in [0.25, 0.3) is 10.7 Å². The minimum Gasteiger partial charge on any atom is -0.493 e. The molecule has 2 aromatic heterocycles. The molecule has 1 amide bonds. The number of benzene rings is 1. The van der Waals surface area contributed by atoms with E-state index in [-0.39, 0.29) is 12.5 Å². The standard InChI is InChI=1S/C18H19N3O4S/c1-12(24-14-8-5-4-7-13(14)23-3)18(22)21(2)11-16-19-17(20-25-16)15-9-6-10-26-15/h4-10,12H,11H2,1-3H3/t12-/m1/s1. The van der Waals surface area contributed by atoms with E-state index in [2.05, 4.69) is 10.1 Å². The highest BCUT2D eigenvalue weighted by molar-refractivity contribution is 7.13. The Morgan fingerprint density at radius 2 is 2.04 bits per heavy atom. The van der Waals surface area contributed by atoms with Crippen molar-refractivity contribution in [2.24, 2.45) is 0 Å². The number of hydrogen-bond acceptors (Lipinski definition) is 7. The smallest absolute Gasteiger partial charge is 0.263 e. The number of amides is 1. The zero-order valence-electron chi connectivity index (χ0n) is 14.7. The lowest BCUT2D eigenvalue weighted by atomic mass is 10.3. The van der Waals surface area contributed by atoms with Crippen LogP contribution in [0.2, 0.25) is 0 Å². The van der Waals surface area contributed by atoms with Gasteiger partial charge in [0.25, 0.3) is 5.91 Å². The Balaban J connectivity index is 1.62. The molecule has 1 aromatic carbocycles. The van der Waals surface area contributed by atoms with Crippen molar-refractivity contribution in [3.63, 3.8) is 0 Å². The molecule has 3 rings (SSSR count). The molecule has 0 bridgehead atoms. The number of ether oxygens (including phenoxy) is 2. The quantitative estimate of drug-likeness (QED) is 0.633. The summed E-state index contributed by atoms with van der Waals surface area (Å²) < 4.78 is 16.2. The third-order valence-electron chi connectivity index (χ3n) is 3.68. The number of thiophene rings is 1. The summed E-state index contributed by atoms with van der Waals surface area (Å²) in [6, 6.07) is 11.0. The van der Waals surface area contributed by atoms with Crippen LogP contribution < -0.4 is 9.47 Å². The van der Waals surface area contributed by atoms with Gasteiger partial charge >= 0.3 is 0 Å². The van der Waals surface area contributed by atoms with E-state index in [4.69, 9.17) is 14.0 Å². The fourth-order valence-electron chi connectivity index (χ4n) is 2.37. The zero-order valence-corrected chi connectivity index (χ0v) is 15.5. The van der Waals surface area contributed by atoms with Gasteiger partial charge < -0.3 is 18.9 Å². The summed E-state index contributed by atoms with van der Waals surface area (Å²) in [7, 11) is 3.22. The average Bonchev–Trinajstić information content (AvgIpc) is 3.33. The van der Waals surface area contributed by atoms with Crippen molar-refractivity contribution in [1.82, 2.24) is 15.0 Å². The van der Waals surface area contributed by atoms with Crippen LogP contribution >= 0.6 is 11.3 Å². The molecule has 0 unspecified atom stereocenters. The number of nitrogens with zero attached hydrogens (tertiary/aromatic N) is 3. The summed E-state index contributed by atoms with van der Waals surface area (Å²) in [6.45, 7) is 1.90. The number of carbonyl (C=O) groups excluding carboxylic acids is 1. The third-order valence-corrected chi connectivity index (χ3v) is 4.54. The van der Waals surface area contributed by atoms with Gasteiger partial charge in [-0.3, -0.25) is 4.79 Å². The summed E-state index contributed by atoms with van der Waals surface area (Å²) in [6.07, 6.45) is -0.684. The van der Waals surface area contributed by atoms with Crippen molar-refractivity contribution >= 4 is 17.2 Å². The third kappa shape index (κ3) is 4.02. The molecule has 136 valence electrons. The van der Waals surface area contributed by atoms with Crippen molar-refractivity contribution < 1.29 is 18.8 Å². The maximum absolute atomic E-state index is 12.6. The van der Waals surface area contributed by atoms with Gasteiger partial charge in [-0.25, -0.2) is 0 Å². The molecule has 0 fully saturated rings. The van der Waals surface area contributed by atoms with Crippen LogP contribution in [0.3, 0.4) is 0 Å². The Hall–Kier alpha value is -2.87. The predicted octanol–water partition coefficient (Wildman–Crippen LogP) is 3.23. The highest BCUT2D eigenvalue weighted by Crippen LogP contribution is 2.27. The Morgan fingerprint density at radius 1 is 1.27 bits per heavy atom. The first-order valence-electron chi connectivity index (χ1n) is 7.99. The molecule has 0 aliphatic heterocycles. The molecule has 1 atom stereocenters. The van der Waals surface area contributed by atoms with Crippen LogP contribution in [0.4, 0.5) is 0 Å². The maximum atomic E-state index is 12.6. The predicted molar refractivity (Wildman–Crippen MR) is 97.2 cm³/mol. The number of hydrogen-bond donors (Lipinski definition) is 0. The van der Waals surface area contributed by atoms with Gasteiger partial charge in [-0.2, -0.15) is 4.98 Å². The molecule has 3 aromatic rings. The summed E-state index contributed by atoms with van der Waals surface area (Å²) in [4.78, 5) is 19.3. The van der Waals surface area contributed by atoms with E-state index in [1.54, 1.807) is 33.2 Å². The topological polar surface area (TPSA) is 77.7 Å². The van der Waals surface area contributed by atoms with Crippen molar-refractivity contribution in [3.05, 3.63) is 47.7 Å². The number of rotatable bonds is 7. The van der Waals surface area contributed by atoms with Gasteiger partial charge in [0.2, 0.25) is 11.7 Å². The molecule has 2 heterocycles. The molecule has 26 heavy (non-hydrogen) atoms. The summed E-state index contributed by atoms with van der Waals surface area (Å²) >= 11 is 1.53. The largest absolute Gasteiger partial charge is 0.493 e. The van der Waals surface area contributed by atoms with Gasteiger partial charge in [0.05, 0.1) is 18.5 Å². The molecular formula is C18H19N3O4S. The van der Waals surface area contributed by atoms with Gasteiger partial charge in [-0.05, 0) is 30.5 Å². The first kappa shape index (κ1) is 17.9. The number of aromatic nitrogens is 2. The van der Waals surface area contributed by atoms with E-state index in [0.717, 1.165) is 4.88 Å². The molecule has 0 N–H and O–H groups in total. The molecule has 0 radical (unpaired) electrons. The van der Waals surface area contributed by atoms with Crippen molar-refractivity contribution in [1.29, 1.82) is 0 Å². The second-order valence-corrected chi connectivity index (χ2v) is 6.54. The number of carbonyl (C=O) groups is 1. The Labute approximate surface area is 155 Å². The minimum absolute atomic E-state index is 0.202. The fourth-order valence-corrected chi connectivity index (χ4v) is 3.02. The van der Waals surface area contributed by atoms with E-state index in [1.165, 1.54) is 16.2 Å². The minimum atomic E-state index is -0.684. The zero-order chi connectivity index (χ0) is 18.5. The second kappa shape index (κ2) is 8.01. The maximum Gasteiger partial charge on any atom is 0.263 e. The lowest BCUT2D eigenvalue weighted by Gasteiger charge is -2.21. The molecule has 0 aliphatic carbocycles. The average molecular weight is 373 g/mol. The highest BCUT2D eigenvalue weighted by atomic mass is 32.1. The van der Waals surface area contributed by atoms with Crippen LogP contribution in [-0.2, 0) is 11.3 Å². The van der Waals surface area contributed by atoms with E-state index in [0.29, 0.717) is 23.2 Å². The molecule has 0 spiro atoms. The van der Waals surface area contributed by atoms with Crippen LogP contribution in [0.1, 0.15) is 12.8 Å². The SMILES string of the molecule is COc1ccccc1O[C@H](C)C(=O)N(C)Cc1nc(-c2cccs2)no1. The first-order valence-corrected chi connectivity index (χ1v) is 8.87. The van der Waals surface area contributed by atoms with Crippen LogP contribution in [0.15, 0.2) is 46.3 Å². The first-order chi connectivity index (χ1) is 12.6. The Kier molecular flexibility index (Phi) is 5.52. The molecule has 0 aliphatic rings. The molecule has 0 saturated carbocycles. The summed E-state index contributed by atoms with van der Waals surface area (Å²) in [5, 5.41) is 5.89. The Morgan fingerprint density at radius 3 is 2.73 bits per heavy atom. The molecule has 0 saturated heterocycles. The van der Waals surface area contributed by atoms with Gasteiger partial charge in [-0.1, -0.05) is 23.4 Å². The lowest BCUT2D eigenvalue weighted by molar-refractivity contribution is -0.137. The highest BCUT2D eigenvalue weighted by Gasteiger charge is 2.22. The number of methoxy groups -OCH3 is 1. The normalized spacial score (nSPS) is 11.8. The van der Waals surface area contributed by atoms with Gasteiger partial charge in [0.1, 0.15) is 0 Å². The van der Waals surface area contributed by atoms with E-state index in [1.807, 2.05) is 29.6 Å². The van der Waals surface area contributed by atoms with E-state index in [9.17, 15) is 4.79 Å². The van der Waals surface area contributed by atoms with Gasteiger partial charge in [-0.15, -0.1) is 11.3 Å². The van der Waals surface area contributed by atoms with Crippen LogP contribution in [0, 0.1) is 0 Å². The van der Waals surface area contributed by atoms with Crippen molar-refractivity contribution in [2.45, 2.75) is 19.6 Å². The van der Waals surface area contributed by atoms with Crippen molar-refractivity contribution in [3.8, 4) is 22.2 Å². The second-order valence-electron chi connectivity index (χ2n) is 5.59. The number of para-hydroxylation sites is 2. The van der Waals surface area contributed by atoms with Crippen LogP contribution in [0.5, 0.6) is 11.5 Å².